The SMILES string of the molecule is C=CCN(CCOC)Cc1ccccc1N. The first-order valence-electron chi connectivity index (χ1n) is 5.43. The van der Waals surface area contributed by atoms with E-state index >= 15 is 0 Å². The van der Waals surface area contributed by atoms with Gasteiger partial charge in [-0.2, -0.15) is 0 Å². The second-order valence-corrected chi connectivity index (χ2v) is 3.72. The minimum atomic E-state index is 0.723. The molecule has 3 nitrogen and oxygen atoms in total. The standard InChI is InChI=1S/C13H20N2O/c1-3-8-15(9-10-16-2)11-12-6-4-5-7-13(12)14/h3-7H,1,8-11,14H2,2H3. The highest BCUT2D eigenvalue weighted by molar-refractivity contribution is 5.46. The predicted octanol–water partition coefficient (Wildman–Crippen LogP) is 1.90. The molecule has 0 amide bonds. The van der Waals surface area contributed by atoms with Crippen molar-refractivity contribution in [2.24, 2.45) is 0 Å². The number of nitrogens with two attached hydrogens (primary N) is 1. The number of benzene rings is 1. The summed E-state index contributed by atoms with van der Waals surface area (Å²) in [4.78, 5) is 2.25. The van der Waals surface area contributed by atoms with Crippen LogP contribution in [0.4, 0.5) is 5.69 Å². The van der Waals surface area contributed by atoms with Crippen molar-refractivity contribution in [2.75, 3.05) is 32.5 Å². The van der Waals surface area contributed by atoms with E-state index in [-0.39, 0.29) is 0 Å². The first kappa shape index (κ1) is 12.7. The zero-order valence-corrected chi connectivity index (χ0v) is 9.86. The normalized spacial score (nSPS) is 10.6. The lowest BCUT2D eigenvalue weighted by molar-refractivity contribution is 0.151. The number of rotatable bonds is 7. The third-order valence-corrected chi connectivity index (χ3v) is 2.45. The number of para-hydroxylation sites is 1. The van der Waals surface area contributed by atoms with Gasteiger partial charge < -0.3 is 10.5 Å². The number of nitrogens with zero attached hydrogens (tertiary/aromatic N) is 1. The molecular formula is C13H20N2O. The molecule has 1 rings (SSSR count). The second-order valence-electron chi connectivity index (χ2n) is 3.72. The summed E-state index contributed by atoms with van der Waals surface area (Å²) in [6.45, 7) is 7.05. The van der Waals surface area contributed by atoms with Crippen molar-refractivity contribution in [3.8, 4) is 0 Å². The summed E-state index contributed by atoms with van der Waals surface area (Å²) >= 11 is 0. The molecule has 88 valence electrons. The van der Waals surface area contributed by atoms with Crippen LogP contribution in [0.2, 0.25) is 0 Å². The van der Waals surface area contributed by atoms with Crippen molar-refractivity contribution in [2.45, 2.75) is 6.54 Å². The summed E-state index contributed by atoms with van der Waals surface area (Å²) in [6.07, 6.45) is 1.90. The van der Waals surface area contributed by atoms with Gasteiger partial charge in [-0.1, -0.05) is 24.3 Å². The molecule has 1 aromatic carbocycles. The Morgan fingerprint density at radius 1 is 1.44 bits per heavy atom. The van der Waals surface area contributed by atoms with Crippen molar-refractivity contribution < 1.29 is 4.74 Å². The van der Waals surface area contributed by atoms with E-state index in [1.165, 1.54) is 0 Å². The Hall–Kier alpha value is -1.32. The number of methoxy groups -OCH3 is 1. The largest absolute Gasteiger partial charge is 0.398 e. The molecule has 0 heterocycles. The number of ether oxygens (including phenoxy) is 1. The molecule has 0 aliphatic rings. The Labute approximate surface area is 97.5 Å². The average molecular weight is 220 g/mol. The predicted molar refractivity (Wildman–Crippen MR) is 68.2 cm³/mol. The lowest BCUT2D eigenvalue weighted by Crippen LogP contribution is -2.27. The van der Waals surface area contributed by atoms with Crippen LogP contribution in [0.5, 0.6) is 0 Å². The molecule has 0 saturated heterocycles. The molecule has 0 spiro atoms. The Kier molecular flexibility index (Phi) is 5.61. The fourth-order valence-corrected chi connectivity index (χ4v) is 1.56. The third-order valence-electron chi connectivity index (χ3n) is 2.45. The van der Waals surface area contributed by atoms with Gasteiger partial charge in [-0.25, -0.2) is 0 Å². The Morgan fingerprint density at radius 3 is 2.81 bits per heavy atom. The maximum Gasteiger partial charge on any atom is 0.0589 e. The van der Waals surface area contributed by atoms with Crippen molar-refractivity contribution >= 4 is 5.69 Å². The Bertz CT molecular complexity index is 325. The van der Waals surface area contributed by atoms with Crippen molar-refractivity contribution in [3.05, 3.63) is 42.5 Å². The lowest BCUT2D eigenvalue weighted by atomic mass is 10.1. The van der Waals surface area contributed by atoms with Crippen LogP contribution in [0.25, 0.3) is 0 Å². The van der Waals surface area contributed by atoms with E-state index in [4.69, 9.17) is 10.5 Å². The highest BCUT2D eigenvalue weighted by atomic mass is 16.5. The number of anilines is 1. The summed E-state index contributed by atoms with van der Waals surface area (Å²) in [5, 5.41) is 0. The molecule has 3 heteroatoms. The van der Waals surface area contributed by atoms with Crippen LogP contribution in [-0.4, -0.2) is 31.7 Å². The van der Waals surface area contributed by atoms with Gasteiger partial charge in [0.1, 0.15) is 0 Å². The molecule has 0 aromatic heterocycles. The molecule has 0 aliphatic heterocycles. The van der Waals surface area contributed by atoms with Gasteiger partial charge in [0, 0.05) is 32.4 Å². The van der Waals surface area contributed by atoms with E-state index in [2.05, 4.69) is 17.5 Å². The lowest BCUT2D eigenvalue weighted by Gasteiger charge is -2.21. The third kappa shape index (κ3) is 4.04. The van der Waals surface area contributed by atoms with Crippen molar-refractivity contribution in [1.29, 1.82) is 0 Å². The number of hydrogen-bond acceptors (Lipinski definition) is 3. The smallest absolute Gasteiger partial charge is 0.0589 e. The van der Waals surface area contributed by atoms with Gasteiger partial charge in [-0.05, 0) is 11.6 Å². The summed E-state index contributed by atoms with van der Waals surface area (Å²) in [5.74, 6) is 0. The van der Waals surface area contributed by atoms with E-state index in [1.54, 1.807) is 7.11 Å². The van der Waals surface area contributed by atoms with Crippen LogP contribution in [0, 0.1) is 0 Å². The monoisotopic (exact) mass is 220 g/mol. The average Bonchev–Trinajstić information content (AvgIpc) is 2.29. The van der Waals surface area contributed by atoms with Crippen molar-refractivity contribution in [1.82, 2.24) is 4.90 Å². The van der Waals surface area contributed by atoms with Crippen LogP contribution in [0.1, 0.15) is 5.56 Å². The van der Waals surface area contributed by atoms with Crippen molar-refractivity contribution in [3.63, 3.8) is 0 Å². The first-order chi connectivity index (χ1) is 7.77. The quantitative estimate of drug-likeness (QED) is 0.563. The molecule has 1 aromatic rings. The molecule has 0 fully saturated rings. The zero-order valence-electron chi connectivity index (χ0n) is 9.86. The first-order valence-corrected chi connectivity index (χ1v) is 5.43. The number of nitrogen functional groups attached to an aromatic ring is 1. The summed E-state index contributed by atoms with van der Waals surface area (Å²) in [6, 6.07) is 7.94. The van der Waals surface area contributed by atoms with Crippen LogP contribution >= 0.6 is 0 Å². The van der Waals surface area contributed by atoms with Crippen LogP contribution in [-0.2, 0) is 11.3 Å². The topological polar surface area (TPSA) is 38.5 Å². The molecule has 0 aliphatic carbocycles. The molecule has 0 radical (unpaired) electrons. The molecule has 2 N–H and O–H groups in total. The van der Waals surface area contributed by atoms with Gasteiger partial charge in [0.25, 0.3) is 0 Å². The van der Waals surface area contributed by atoms with E-state index in [9.17, 15) is 0 Å². The minimum Gasteiger partial charge on any atom is -0.398 e. The maximum absolute atomic E-state index is 5.91. The summed E-state index contributed by atoms with van der Waals surface area (Å²) in [5.41, 5.74) is 7.90. The van der Waals surface area contributed by atoms with Gasteiger partial charge in [-0.15, -0.1) is 6.58 Å². The number of hydrogen-bond donors (Lipinski definition) is 1. The van der Waals surface area contributed by atoms with Gasteiger partial charge in [0.2, 0.25) is 0 Å². The van der Waals surface area contributed by atoms with Crippen LogP contribution < -0.4 is 5.73 Å². The summed E-state index contributed by atoms with van der Waals surface area (Å²) in [7, 11) is 1.71. The maximum atomic E-state index is 5.91. The molecule has 0 bridgehead atoms. The highest BCUT2D eigenvalue weighted by Gasteiger charge is 2.05. The Balaban J connectivity index is 2.60. The Morgan fingerprint density at radius 2 is 2.19 bits per heavy atom. The van der Waals surface area contributed by atoms with Gasteiger partial charge in [0.15, 0.2) is 0 Å². The molecule has 0 unspecified atom stereocenters. The fraction of sp³-hybridized carbons (Fsp3) is 0.385. The highest BCUT2D eigenvalue weighted by Crippen LogP contribution is 2.13. The van der Waals surface area contributed by atoms with E-state index in [0.717, 1.165) is 37.5 Å². The molecule has 16 heavy (non-hydrogen) atoms. The van der Waals surface area contributed by atoms with Crippen LogP contribution in [0.15, 0.2) is 36.9 Å². The van der Waals surface area contributed by atoms with E-state index in [1.807, 2.05) is 24.3 Å². The van der Waals surface area contributed by atoms with Crippen LogP contribution in [0.3, 0.4) is 0 Å². The second kappa shape index (κ2) is 7.04. The zero-order chi connectivity index (χ0) is 11.8. The van der Waals surface area contributed by atoms with Gasteiger partial charge >= 0.3 is 0 Å². The van der Waals surface area contributed by atoms with Gasteiger partial charge in [-0.3, -0.25) is 4.90 Å². The fourth-order valence-electron chi connectivity index (χ4n) is 1.56. The van der Waals surface area contributed by atoms with E-state index < -0.39 is 0 Å². The molecular weight excluding hydrogens is 200 g/mol. The minimum absolute atomic E-state index is 0.723. The summed E-state index contributed by atoms with van der Waals surface area (Å²) < 4.78 is 5.08. The molecule has 0 saturated carbocycles. The van der Waals surface area contributed by atoms with E-state index in [0.29, 0.717) is 0 Å². The van der Waals surface area contributed by atoms with Gasteiger partial charge in [0.05, 0.1) is 6.61 Å². The molecule has 0 atom stereocenters.